The summed E-state index contributed by atoms with van der Waals surface area (Å²) in [6.07, 6.45) is 5.41. The molecule has 1 heterocycles. The van der Waals surface area contributed by atoms with Gasteiger partial charge in [-0.1, -0.05) is 19.3 Å². The Labute approximate surface area is 156 Å². The summed E-state index contributed by atoms with van der Waals surface area (Å²) >= 11 is 1.08. The van der Waals surface area contributed by atoms with Crippen LogP contribution in [0.15, 0.2) is 34.5 Å². The average Bonchev–Trinajstić information content (AvgIpc) is 3.10. The van der Waals surface area contributed by atoms with Crippen molar-refractivity contribution in [2.75, 3.05) is 11.8 Å². The predicted octanol–water partition coefficient (Wildman–Crippen LogP) is 3.02. The van der Waals surface area contributed by atoms with Gasteiger partial charge in [0.25, 0.3) is 15.9 Å². The molecule has 2 aromatic rings. The van der Waals surface area contributed by atoms with E-state index < -0.39 is 10.0 Å². The molecule has 2 N–H and O–H groups in total. The first-order valence-electron chi connectivity index (χ1n) is 8.41. The van der Waals surface area contributed by atoms with Crippen molar-refractivity contribution in [1.29, 1.82) is 0 Å². The molecule has 0 atom stereocenters. The maximum Gasteiger partial charge on any atom is 0.271 e. The molecule has 9 heteroatoms. The molecule has 1 fully saturated rings. The van der Waals surface area contributed by atoms with E-state index in [-0.39, 0.29) is 27.7 Å². The fraction of sp³-hybridized carbons (Fsp3) is 0.412. The Hall–Kier alpha value is -2.13. The van der Waals surface area contributed by atoms with Crippen molar-refractivity contribution in [3.63, 3.8) is 0 Å². The first-order valence-corrected chi connectivity index (χ1v) is 10.8. The van der Waals surface area contributed by atoms with Gasteiger partial charge in [0.05, 0.1) is 12.0 Å². The van der Waals surface area contributed by atoms with Crippen LogP contribution in [-0.2, 0) is 10.0 Å². The second kappa shape index (κ2) is 8.05. The number of hydrogen-bond donors (Lipinski definition) is 2. The lowest BCUT2D eigenvalue weighted by molar-refractivity contribution is 0.0923. The third-order valence-electron chi connectivity index (χ3n) is 4.27. The third kappa shape index (κ3) is 4.53. The number of sulfonamides is 1. The van der Waals surface area contributed by atoms with Crippen molar-refractivity contribution >= 4 is 32.4 Å². The zero-order chi connectivity index (χ0) is 18.6. The van der Waals surface area contributed by atoms with Crippen molar-refractivity contribution in [2.45, 2.75) is 43.0 Å². The lowest BCUT2D eigenvalue weighted by atomic mass is 9.95. The number of nitrogens with zero attached hydrogens (tertiary/aromatic N) is 1. The van der Waals surface area contributed by atoms with Gasteiger partial charge in [-0.2, -0.15) is 0 Å². The molecule has 0 spiro atoms. The van der Waals surface area contributed by atoms with E-state index in [9.17, 15) is 13.2 Å². The van der Waals surface area contributed by atoms with Crippen LogP contribution in [0.4, 0.5) is 5.13 Å². The van der Waals surface area contributed by atoms with Crippen LogP contribution in [0, 0.1) is 0 Å². The minimum Gasteiger partial charge on any atom is -0.497 e. The number of carbonyl (C=O) groups is 1. The highest BCUT2D eigenvalue weighted by Crippen LogP contribution is 2.23. The van der Waals surface area contributed by atoms with E-state index in [1.165, 1.54) is 25.7 Å². The van der Waals surface area contributed by atoms with Crippen molar-refractivity contribution in [2.24, 2.45) is 0 Å². The number of thiazole rings is 1. The van der Waals surface area contributed by atoms with Crippen LogP contribution in [0.5, 0.6) is 5.75 Å². The Kier molecular flexibility index (Phi) is 5.77. The standard InChI is InChI=1S/C17H21N3O4S2/c1-24-13-7-9-14(10-8-13)26(22,23)20-17-19-15(11-25-17)16(21)18-12-5-3-2-4-6-12/h7-12H,2-6H2,1H3,(H,18,21)(H,19,20). The molecule has 1 aromatic carbocycles. The zero-order valence-electron chi connectivity index (χ0n) is 14.4. The summed E-state index contributed by atoms with van der Waals surface area (Å²) < 4.78 is 32.3. The van der Waals surface area contributed by atoms with E-state index >= 15 is 0 Å². The smallest absolute Gasteiger partial charge is 0.271 e. The molecule has 0 bridgehead atoms. The summed E-state index contributed by atoms with van der Waals surface area (Å²) in [6, 6.07) is 6.22. The van der Waals surface area contributed by atoms with E-state index in [0.29, 0.717) is 5.75 Å². The second-order valence-corrected chi connectivity index (χ2v) is 8.67. The molecule has 0 saturated heterocycles. The maximum atomic E-state index is 12.4. The van der Waals surface area contributed by atoms with Gasteiger partial charge in [-0.25, -0.2) is 13.4 Å². The summed E-state index contributed by atoms with van der Waals surface area (Å²) in [7, 11) is -2.26. The van der Waals surface area contributed by atoms with Gasteiger partial charge in [0.2, 0.25) is 0 Å². The molecule has 1 aromatic heterocycles. The predicted molar refractivity (Wildman–Crippen MR) is 100 cm³/mol. The van der Waals surface area contributed by atoms with Gasteiger partial charge < -0.3 is 10.1 Å². The molecule has 1 amide bonds. The van der Waals surface area contributed by atoms with E-state index in [0.717, 1.165) is 37.0 Å². The van der Waals surface area contributed by atoms with Gasteiger partial charge in [0, 0.05) is 11.4 Å². The lowest BCUT2D eigenvalue weighted by Gasteiger charge is -2.22. The van der Waals surface area contributed by atoms with E-state index in [1.54, 1.807) is 17.5 Å². The summed E-state index contributed by atoms with van der Waals surface area (Å²) in [5, 5.41) is 4.69. The molecule has 1 saturated carbocycles. The number of anilines is 1. The van der Waals surface area contributed by atoms with Crippen LogP contribution in [0.3, 0.4) is 0 Å². The summed E-state index contributed by atoms with van der Waals surface area (Å²) in [4.78, 5) is 16.5. The monoisotopic (exact) mass is 395 g/mol. The van der Waals surface area contributed by atoms with Crippen LogP contribution in [-0.4, -0.2) is 32.5 Å². The fourth-order valence-electron chi connectivity index (χ4n) is 2.86. The number of carbonyl (C=O) groups excluding carboxylic acids is 1. The summed E-state index contributed by atoms with van der Waals surface area (Å²) in [5.41, 5.74) is 0.230. The van der Waals surface area contributed by atoms with Crippen LogP contribution in [0.1, 0.15) is 42.6 Å². The van der Waals surface area contributed by atoms with E-state index in [4.69, 9.17) is 4.74 Å². The lowest BCUT2D eigenvalue weighted by Crippen LogP contribution is -2.36. The van der Waals surface area contributed by atoms with Gasteiger partial charge in [0.1, 0.15) is 11.4 Å². The summed E-state index contributed by atoms with van der Waals surface area (Å²) in [5.74, 6) is 0.308. The molecule has 0 unspecified atom stereocenters. The normalized spacial score (nSPS) is 15.4. The van der Waals surface area contributed by atoms with Crippen LogP contribution < -0.4 is 14.8 Å². The van der Waals surface area contributed by atoms with Crippen LogP contribution >= 0.6 is 11.3 Å². The zero-order valence-corrected chi connectivity index (χ0v) is 16.0. The Morgan fingerprint density at radius 3 is 2.54 bits per heavy atom. The number of amides is 1. The van der Waals surface area contributed by atoms with Crippen molar-refractivity contribution in [1.82, 2.24) is 10.3 Å². The van der Waals surface area contributed by atoms with E-state index in [2.05, 4.69) is 15.0 Å². The van der Waals surface area contributed by atoms with Crippen LogP contribution in [0.2, 0.25) is 0 Å². The van der Waals surface area contributed by atoms with E-state index in [1.807, 2.05) is 0 Å². The third-order valence-corrected chi connectivity index (χ3v) is 6.51. The second-order valence-electron chi connectivity index (χ2n) is 6.13. The Balaban J connectivity index is 1.65. The molecule has 140 valence electrons. The molecule has 3 rings (SSSR count). The summed E-state index contributed by atoms with van der Waals surface area (Å²) in [6.45, 7) is 0. The number of hydrogen-bond acceptors (Lipinski definition) is 6. The minimum atomic E-state index is -3.77. The highest BCUT2D eigenvalue weighted by molar-refractivity contribution is 7.93. The molecule has 7 nitrogen and oxygen atoms in total. The van der Waals surface area contributed by atoms with Crippen molar-refractivity contribution < 1.29 is 17.9 Å². The SMILES string of the molecule is COc1ccc(S(=O)(=O)Nc2nc(C(=O)NC3CCCCC3)cs2)cc1. The minimum absolute atomic E-state index is 0.0988. The molecule has 1 aliphatic rings. The van der Waals surface area contributed by atoms with Gasteiger partial charge in [-0.3, -0.25) is 9.52 Å². The topological polar surface area (TPSA) is 97.4 Å². The number of rotatable bonds is 6. The van der Waals surface area contributed by atoms with Crippen molar-refractivity contribution in [3.05, 3.63) is 35.3 Å². The highest BCUT2D eigenvalue weighted by Gasteiger charge is 2.20. The van der Waals surface area contributed by atoms with Crippen molar-refractivity contribution in [3.8, 4) is 5.75 Å². The molecule has 0 radical (unpaired) electrons. The quantitative estimate of drug-likeness (QED) is 0.784. The number of aromatic nitrogens is 1. The largest absolute Gasteiger partial charge is 0.497 e. The maximum absolute atomic E-state index is 12.4. The molecule has 1 aliphatic carbocycles. The molecular formula is C17H21N3O4S2. The van der Waals surface area contributed by atoms with Gasteiger partial charge >= 0.3 is 0 Å². The molecular weight excluding hydrogens is 374 g/mol. The van der Waals surface area contributed by atoms with Crippen LogP contribution in [0.25, 0.3) is 0 Å². The Morgan fingerprint density at radius 2 is 1.88 bits per heavy atom. The fourth-order valence-corrected chi connectivity index (χ4v) is 4.80. The number of nitrogens with one attached hydrogen (secondary N) is 2. The number of benzene rings is 1. The number of ether oxygens (including phenoxy) is 1. The van der Waals surface area contributed by atoms with Gasteiger partial charge in [-0.05, 0) is 37.1 Å². The average molecular weight is 396 g/mol. The first-order chi connectivity index (χ1) is 12.5. The van der Waals surface area contributed by atoms with Gasteiger partial charge in [-0.15, -0.1) is 11.3 Å². The first kappa shape index (κ1) is 18.7. The molecule has 0 aliphatic heterocycles. The number of methoxy groups -OCH3 is 1. The Bertz CT molecular complexity index is 856. The van der Waals surface area contributed by atoms with Gasteiger partial charge in [0.15, 0.2) is 5.13 Å². The highest BCUT2D eigenvalue weighted by atomic mass is 32.2. The molecule has 26 heavy (non-hydrogen) atoms. The Morgan fingerprint density at radius 1 is 1.19 bits per heavy atom.